The maximum atomic E-state index is 12.3. The highest BCUT2D eigenvalue weighted by atomic mass is 35.5. The van der Waals surface area contributed by atoms with Gasteiger partial charge < -0.3 is 0 Å². The van der Waals surface area contributed by atoms with Crippen LogP contribution in [0.5, 0.6) is 0 Å². The fourth-order valence-corrected chi connectivity index (χ4v) is 4.75. The predicted molar refractivity (Wildman–Crippen MR) is 90.6 cm³/mol. The lowest BCUT2D eigenvalue weighted by Crippen LogP contribution is -2.45. The highest BCUT2D eigenvalue weighted by molar-refractivity contribution is 7.91. The second-order valence-electron chi connectivity index (χ2n) is 5.69. The van der Waals surface area contributed by atoms with Crippen LogP contribution in [0.1, 0.15) is 12.8 Å². The molecule has 2 aliphatic heterocycles. The maximum Gasteiger partial charge on any atom is 0.255 e. The van der Waals surface area contributed by atoms with Crippen LogP contribution in [-0.4, -0.2) is 54.4 Å². The van der Waals surface area contributed by atoms with E-state index in [1.165, 1.54) is 9.91 Å². The fourth-order valence-electron chi connectivity index (χ4n) is 2.92. The van der Waals surface area contributed by atoms with Crippen LogP contribution in [0.4, 0.5) is 5.69 Å². The van der Waals surface area contributed by atoms with Crippen molar-refractivity contribution >= 4 is 44.8 Å². The van der Waals surface area contributed by atoms with Crippen LogP contribution >= 0.6 is 11.6 Å². The molecule has 1 aromatic carbocycles. The van der Waals surface area contributed by atoms with E-state index < -0.39 is 21.8 Å². The summed E-state index contributed by atoms with van der Waals surface area (Å²) in [5.74, 6) is -0.877. The first-order chi connectivity index (χ1) is 11.4. The minimum absolute atomic E-state index is 0.0212. The van der Waals surface area contributed by atoms with Gasteiger partial charge in [-0.1, -0.05) is 18.2 Å². The molecule has 0 spiro atoms. The summed E-state index contributed by atoms with van der Waals surface area (Å²) in [4.78, 5) is 25.8. The Morgan fingerprint density at radius 2 is 2.04 bits per heavy atom. The topological polar surface area (TPSA) is 87.1 Å². The molecule has 24 heavy (non-hydrogen) atoms. The quantitative estimate of drug-likeness (QED) is 0.743. The van der Waals surface area contributed by atoms with E-state index in [0.717, 1.165) is 0 Å². The number of para-hydroxylation sites is 1. The molecule has 0 radical (unpaired) electrons. The summed E-state index contributed by atoms with van der Waals surface area (Å²) < 4.78 is 23.5. The molecule has 0 aromatic heterocycles. The van der Waals surface area contributed by atoms with Gasteiger partial charge in [-0.3, -0.25) is 14.5 Å². The van der Waals surface area contributed by atoms with Gasteiger partial charge in [-0.15, -0.1) is 11.6 Å². The normalized spacial score (nSPS) is 22.5. The summed E-state index contributed by atoms with van der Waals surface area (Å²) in [6.07, 6.45) is 0.261. The minimum Gasteiger partial charge on any atom is -0.293 e. The molecule has 7 nitrogen and oxygen atoms in total. The number of carbonyl (C=O) groups is 2. The van der Waals surface area contributed by atoms with Gasteiger partial charge in [0.25, 0.3) is 5.91 Å². The number of carbonyl (C=O) groups excluding carboxylic acids is 2. The number of benzene rings is 1. The molecule has 0 N–H and O–H groups in total. The molecule has 0 bridgehead atoms. The maximum absolute atomic E-state index is 12.3. The molecule has 9 heteroatoms. The van der Waals surface area contributed by atoms with Crippen LogP contribution in [0, 0.1) is 0 Å². The zero-order chi connectivity index (χ0) is 17.3. The van der Waals surface area contributed by atoms with E-state index in [2.05, 4.69) is 5.10 Å². The first-order valence-corrected chi connectivity index (χ1v) is 9.81. The number of hydrogen-bond acceptors (Lipinski definition) is 5. The lowest BCUT2D eigenvalue weighted by atomic mass is 10.2. The Balaban J connectivity index is 1.91. The summed E-state index contributed by atoms with van der Waals surface area (Å²) in [6, 6.07) is 8.32. The van der Waals surface area contributed by atoms with Crippen molar-refractivity contribution in [1.82, 2.24) is 4.90 Å². The van der Waals surface area contributed by atoms with Crippen LogP contribution in [0.15, 0.2) is 35.4 Å². The van der Waals surface area contributed by atoms with Crippen LogP contribution in [0.3, 0.4) is 0 Å². The van der Waals surface area contributed by atoms with Gasteiger partial charge in [0.2, 0.25) is 5.91 Å². The summed E-state index contributed by atoms with van der Waals surface area (Å²) in [7, 11) is -3.18. The fraction of sp³-hybridized carbons (Fsp3) is 0.400. The van der Waals surface area contributed by atoms with Gasteiger partial charge >= 0.3 is 0 Å². The van der Waals surface area contributed by atoms with E-state index in [-0.39, 0.29) is 35.5 Å². The number of amidine groups is 1. The first-order valence-electron chi connectivity index (χ1n) is 7.45. The molecule has 2 heterocycles. The average Bonchev–Trinajstić information content (AvgIpc) is 3.11. The first kappa shape index (κ1) is 16.9. The van der Waals surface area contributed by atoms with E-state index >= 15 is 0 Å². The Bertz CT molecular complexity index is 794. The van der Waals surface area contributed by atoms with E-state index in [4.69, 9.17) is 11.6 Å². The molecule has 2 aliphatic rings. The molecule has 1 aromatic rings. The van der Waals surface area contributed by atoms with Crippen molar-refractivity contribution < 1.29 is 18.0 Å². The Labute approximate surface area is 144 Å². The van der Waals surface area contributed by atoms with E-state index in [1.54, 1.807) is 24.3 Å². The monoisotopic (exact) mass is 369 g/mol. The number of nitrogens with zero attached hydrogens (tertiary/aromatic N) is 3. The standard InChI is InChI=1S/C15H16ClN3O4S/c16-9-15(21)18(12-6-7-24(22,23)10-12)13-8-14(20)19(17-13)11-4-2-1-3-5-11/h1-5,12H,6-10H2/t12-/m1/s1. The lowest BCUT2D eigenvalue weighted by Gasteiger charge is -2.26. The number of halogens is 1. The third-order valence-electron chi connectivity index (χ3n) is 4.00. The summed E-state index contributed by atoms with van der Waals surface area (Å²) in [6.45, 7) is 0. The van der Waals surface area contributed by atoms with Crippen molar-refractivity contribution in [2.75, 3.05) is 22.4 Å². The second kappa shape index (κ2) is 6.52. The number of anilines is 1. The van der Waals surface area contributed by atoms with Gasteiger partial charge in [0.1, 0.15) is 11.7 Å². The van der Waals surface area contributed by atoms with Crippen LogP contribution < -0.4 is 5.01 Å². The number of hydrazone groups is 1. The minimum atomic E-state index is -3.18. The largest absolute Gasteiger partial charge is 0.293 e. The summed E-state index contributed by atoms with van der Waals surface area (Å²) in [5, 5.41) is 5.48. The van der Waals surface area contributed by atoms with Crippen molar-refractivity contribution in [3.8, 4) is 0 Å². The van der Waals surface area contributed by atoms with Gasteiger partial charge in [-0.25, -0.2) is 8.42 Å². The number of alkyl halides is 1. The highest BCUT2D eigenvalue weighted by Gasteiger charge is 2.40. The van der Waals surface area contributed by atoms with Crippen molar-refractivity contribution in [2.24, 2.45) is 5.10 Å². The molecular weight excluding hydrogens is 354 g/mol. The van der Waals surface area contributed by atoms with Gasteiger partial charge in [0.05, 0.1) is 29.7 Å². The Hall–Kier alpha value is -1.93. The van der Waals surface area contributed by atoms with E-state index in [1.807, 2.05) is 6.07 Å². The molecule has 2 amide bonds. The van der Waals surface area contributed by atoms with Gasteiger partial charge in [0.15, 0.2) is 9.84 Å². The summed E-state index contributed by atoms with van der Waals surface area (Å²) in [5.41, 5.74) is 0.592. The van der Waals surface area contributed by atoms with Crippen molar-refractivity contribution in [3.05, 3.63) is 30.3 Å². The molecular formula is C15H16ClN3O4S. The SMILES string of the molecule is O=C1CC(N(C(=O)CCl)[C@@H]2CCS(=O)(=O)C2)=NN1c1ccccc1. The van der Waals surface area contributed by atoms with E-state index in [9.17, 15) is 18.0 Å². The molecule has 128 valence electrons. The molecule has 1 atom stereocenters. The van der Waals surface area contributed by atoms with Gasteiger partial charge in [0, 0.05) is 0 Å². The number of amides is 2. The zero-order valence-electron chi connectivity index (χ0n) is 12.8. The van der Waals surface area contributed by atoms with Crippen LogP contribution in [0.2, 0.25) is 0 Å². The lowest BCUT2D eigenvalue weighted by molar-refractivity contribution is -0.126. The summed E-state index contributed by atoms with van der Waals surface area (Å²) >= 11 is 5.67. The Morgan fingerprint density at radius 1 is 1.33 bits per heavy atom. The number of rotatable bonds is 3. The van der Waals surface area contributed by atoms with E-state index in [0.29, 0.717) is 12.1 Å². The Kier molecular flexibility index (Phi) is 4.60. The van der Waals surface area contributed by atoms with Crippen molar-refractivity contribution in [3.63, 3.8) is 0 Å². The molecule has 3 rings (SSSR count). The molecule has 0 aliphatic carbocycles. The molecule has 1 saturated heterocycles. The third-order valence-corrected chi connectivity index (χ3v) is 5.98. The van der Waals surface area contributed by atoms with Crippen molar-refractivity contribution in [1.29, 1.82) is 0 Å². The average molecular weight is 370 g/mol. The predicted octanol–water partition coefficient (Wildman–Crippen LogP) is 0.991. The van der Waals surface area contributed by atoms with Crippen molar-refractivity contribution in [2.45, 2.75) is 18.9 Å². The molecule has 0 unspecified atom stereocenters. The van der Waals surface area contributed by atoms with Gasteiger partial charge in [-0.05, 0) is 18.6 Å². The molecule has 0 saturated carbocycles. The number of sulfone groups is 1. The smallest absolute Gasteiger partial charge is 0.255 e. The number of hydrogen-bond donors (Lipinski definition) is 0. The molecule has 1 fully saturated rings. The third kappa shape index (κ3) is 3.29. The van der Waals surface area contributed by atoms with Gasteiger partial charge in [-0.2, -0.15) is 10.1 Å². The van der Waals surface area contributed by atoms with Crippen LogP contribution in [-0.2, 0) is 19.4 Å². The Morgan fingerprint density at radius 3 is 2.62 bits per heavy atom. The zero-order valence-corrected chi connectivity index (χ0v) is 14.3. The highest BCUT2D eigenvalue weighted by Crippen LogP contribution is 2.25. The second-order valence-corrected chi connectivity index (χ2v) is 8.18. The van der Waals surface area contributed by atoms with Crippen LogP contribution in [0.25, 0.3) is 0 Å².